The molecule has 0 amide bonds. The molecule has 5 N–H and O–H groups in total. The number of aliphatic hydroxyl groups is 2. The van der Waals surface area contributed by atoms with Crippen LogP contribution < -0.4 is 5.32 Å². The van der Waals surface area contributed by atoms with Crippen LogP contribution in [0, 0.1) is 17.8 Å². The van der Waals surface area contributed by atoms with Crippen molar-refractivity contribution in [2.24, 2.45) is 5.41 Å². The number of anilines is 1. The predicted octanol–water partition coefficient (Wildman–Crippen LogP) is 2.62. The first-order valence-corrected chi connectivity index (χ1v) is 14.8. The van der Waals surface area contributed by atoms with Gasteiger partial charge in [-0.25, -0.2) is 14.6 Å². The second-order valence-corrected chi connectivity index (χ2v) is 11.7. The van der Waals surface area contributed by atoms with Crippen molar-refractivity contribution in [2.45, 2.75) is 49.3 Å². The molecule has 0 spiro atoms. The van der Waals surface area contributed by atoms with Gasteiger partial charge in [0, 0.05) is 6.42 Å². The molecule has 2 aromatic carbocycles. The van der Waals surface area contributed by atoms with E-state index in [1.807, 2.05) is 18.2 Å². The van der Waals surface area contributed by atoms with E-state index in [-0.39, 0.29) is 17.0 Å². The van der Waals surface area contributed by atoms with Gasteiger partial charge in [0.1, 0.15) is 17.6 Å². The minimum absolute atomic E-state index is 0.0477. The van der Waals surface area contributed by atoms with Crippen LogP contribution in [0.5, 0.6) is 0 Å². The lowest BCUT2D eigenvalue weighted by molar-refractivity contribution is -0.190. The highest BCUT2D eigenvalue weighted by Gasteiger charge is 2.58. The van der Waals surface area contributed by atoms with Gasteiger partial charge in [-0.1, -0.05) is 60.5 Å². The molecule has 14 heteroatoms. The van der Waals surface area contributed by atoms with Crippen molar-refractivity contribution in [3.8, 4) is 12.3 Å². The highest BCUT2D eigenvalue weighted by molar-refractivity contribution is 6.28. The molecule has 1 saturated heterocycles. The number of carboxylic acid groups (broad SMARTS) is 2. The van der Waals surface area contributed by atoms with Gasteiger partial charge in [0.15, 0.2) is 23.2 Å². The van der Waals surface area contributed by atoms with Crippen LogP contribution in [0.4, 0.5) is 5.82 Å². The number of aliphatic carboxylic acids is 2. The molecule has 238 valence electrons. The van der Waals surface area contributed by atoms with Crippen LogP contribution in [0.25, 0.3) is 11.2 Å². The van der Waals surface area contributed by atoms with E-state index in [0.29, 0.717) is 16.9 Å². The fourth-order valence-electron chi connectivity index (χ4n) is 6.20. The summed E-state index contributed by atoms with van der Waals surface area (Å²) >= 11 is 6.34. The van der Waals surface area contributed by atoms with E-state index in [1.54, 1.807) is 30.3 Å². The summed E-state index contributed by atoms with van der Waals surface area (Å²) in [6, 6.07) is 16.1. The van der Waals surface area contributed by atoms with Crippen LogP contribution in [0.3, 0.4) is 0 Å². The van der Waals surface area contributed by atoms with Crippen LogP contribution in [0.15, 0.2) is 60.9 Å². The highest BCUT2D eigenvalue weighted by atomic mass is 35.5. The minimum atomic E-state index is -2.72. The Morgan fingerprint density at radius 2 is 1.87 bits per heavy atom. The third kappa shape index (κ3) is 5.24. The zero-order chi connectivity index (χ0) is 32.6. The number of nitrogens with zero attached hydrogens (tertiary/aromatic N) is 4. The van der Waals surface area contributed by atoms with E-state index in [2.05, 4.69) is 32.3 Å². The quantitative estimate of drug-likeness (QED) is 0.0910. The smallest absolute Gasteiger partial charge is 0.348 e. The molecule has 13 nitrogen and oxygen atoms in total. The summed E-state index contributed by atoms with van der Waals surface area (Å²) in [6.45, 7) is -1.49. The lowest BCUT2D eigenvalue weighted by atomic mass is 9.80. The number of halogens is 1. The van der Waals surface area contributed by atoms with Crippen LogP contribution in [0.2, 0.25) is 5.28 Å². The SMILES string of the molecule is C#C[C@@]1(CO)[C@@H](COC(Cc2ccccc2)(C(=O)O)C(=O)O)O[C@@H](n2cnc3c(N[C@H]4CCc5ccccc54)nc(Cl)nc32)[C@@H]1O. The van der Waals surface area contributed by atoms with Crippen molar-refractivity contribution >= 4 is 40.5 Å². The van der Waals surface area contributed by atoms with Crippen molar-refractivity contribution in [3.63, 3.8) is 0 Å². The molecule has 46 heavy (non-hydrogen) atoms. The van der Waals surface area contributed by atoms with Crippen molar-refractivity contribution in [1.29, 1.82) is 0 Å². The largest absolute Gasteiger partial charge is 0.479 e. The van der Waals surface area contributed by atoms with E-state index in [0.717, 1.165) is 18.4 Å². The molecule has 5 atom stereocenters. The van der Waals surface area contributed by atoms with Gasteiger partial charge in [-0.05, 0) is 41.1 Å². The van der Waals surface area contributed by atoms with Gasteiger partial charge in [-0.15, -0.1) is 6.42 Å². The average molecular weight is 648 g/mol. The molecule has 3 heterocycles. The number of imidazole rings is 1. The molecular weight excluding hydrogens is 618 g/mol. The lowest BCUT2D eigenvalue weighted by Gasteiger charge is -2.32. The Balaban J connectivity index is 1.31. The third-order valence-corrected chi connectivity index (χ3v) is 8.96. The third-order valence-electron chi connectivity index (χ3n) is 8.79. The van der Waals surface area contributed by atoms with Crippen molar-refractivity contribution in [2.75, 3.05) is 18.5 Å². The molecule has 1 fully saturated rings. The summed E-state index contributed by atoms with van der Waals surface area (Å²) in [7, 11) is 0. The zero-order valence-corrected chi connectivity index (χ0v) is 25.0. The fraction of sp³-hybridized carbons (Fsp3) is 0.344. The van der Waals surface area contributed by atoms with Crippen LogP contribution in [0.1, 0.15) is 35.4 Å². The second-order valence-electron chi connectivity index (χ2n) is 11.3. The van der Waals surface area contributed by atoms with Crippen LogP contribution in [-0.4, -0.2) is 82.9 Å². The van der Waals surface area contributed by atoms with Gasteiger partial charge >= 0.3 is 11.9 Å². The number of aromatic nitrogens is 4. The molecule has 4 aromatic rings. The zero-order valence-electron chi connectivity index (χ0n) is 24.3. The Labute approximate surface area is 267 Å². The first-order chi connectivity index (χ1) is 22.1. The molecule has 0 radical (unpaired) electrons. The average Bonchev–Trinajstić information content (AvgIpc) is 3.73. The summed E-state index contributed by atoms with van der Waals surface area (Å²) < 4.78 is 13.1. The van der Waals surface area contributed by atoms with Crippen molar-refractivity contribution < 1.29 is 39.5 Å². The Kier molecular flexibility index (Phi) is 8.41. The van der Waals surface area contributed by atoms with E-state index < -0.39 is 61.0 Å². The number of rotatable bonds is 11. The Bertz CT molecular complexity index is 1810. The molecule has 1 aliphatic carbocycles. The number of aliphatic hydroxyl groups excluding tert-OH is 2. The normalized spacial score (nSPS) is 24.0. The van der Waals surface area contributed by atoms with Crippen molar-refractivity contribution in [3.05, 3.63) is 82.9 Å². The van der Waals surface area contributed by atoms with Gasteiger partial charge in [0.2, 0.25) is 5.28 Å². The number of nitrogens with one attached hydrogen (secondary N) is 1. The number of terminal acetylenes is 1. The molecule has 0 bridgehead atoms. The van der Waals surface area contributed by atoms with Gasteiger partial charge in [0.25, 0.3) is 5.60 Å². The monoisotopic (exact) mass is 647 g/mol. The molecule has 0 unspecified atom stereocenters. The number of hydrogen-bond acceptors (Lipinski definition) is 10. The number of carbonyl (C=O) groups is 2. The first kappa shape index (κ1) is 31.4. The van der Waals surface area contributed by atoms with Gasteiger partial charge in [0.05, 0.1) is 25.6 Å². The van der Waals surface area contributed by atoms with E-state index in [4.69, 9.17) is 27.5 Å². The molecule has 0 saturated carbocycles. The number of carboxylic acids is 2. The Morgan fingerprint density at radius 1 is 1.15 bits per heavy atom. The van der Waals surface area contributed by atoms with Crippen molar-refractivity contribution in [1.82, 2.24) is 19.5 Å². The molecule has 2 aliphatic rings. The van der Waals surface area contributed by atoms with Gasteiger partial charge < -0.3 is 35.2 Å². The molecule has 1 aliphatic heterocycles. The van der Waals surface area contributed by atoms with Gasteiger partial charge in [-0.3, -0.25) is 4.57 Å². The van der Waals surface area contributed by atoms with E-state index in [9.17, 15) is 30.0 Å². The number of hydrogen-bond donors (Lipinski definition) is 5. The van der Waals surface area contributed by atoms with Gasteiger partial charge in [-0.2, -0.15) is 9.97 Å². The minimum Gasteiger partial charge on any atom is -0.479 e. The summed E-state index contributed by atoms with van der Waals surface area (Å²) in [4.78, 5) is 37.9. The fourth-order valence-corrected chi connectivity index (χ4v) is 6.37. The Hall–Kier alpha value is -4.58. The maximum atomic E-state index is 12.4. The molecule has 6 rings (SSSR count). The number of benzene rings is 2. The second kappa shape index (κ2) is 12.3. The number of aryl methyl sites for hydroxylation is 1. The standard InChI is InChI=1S/C32H30ClN5O8/c1-2-31(16-39)22(15-45-32(28(41)42,29(43)44)14-18-8-4-3-5-9-18)46-27(24(31)40)38-17-34-23-25(36-30(33)37-26(23)38)35-21-13-12-19-10-6-7-11-20(19)21/h1,3-11,17,21-22,24,27,39-40H,12-16H2,(H,41,42)(H,43,44)(H,35,36,37)/t21-,22+,24-,27+,31+/m0/s1. The summed E-state index contributed by atoms with van der Waals surface area (Å²) in [5, 5.41) is 45.3. The predicted molar refractivity (Wildman–Crippen MR) is 164 cm³/mol. The number of fused-ring (bicyclic) bond motifs is 2. The molecule has 2 aromatic heterocycles. The van der Waals surface area contributed by atoms with E-state index in [1.165, 1.54) is 16.5 Å². The number of ether oxygens (including phenoxy) is 2. The maximum Gasteiger partial charge on any atom is 0.348 e. The summed E-state index contributed by atoms with van der Waals surface area (Å²) in [6.07, 6.45) is 4.16. The lowest BCUT2D eigenvalue weighted by Crippen LogP contribution is -2.54. The van der Waals surface area contributed by atoms with Crippen LogP contribution >= 0.6 is 11.6 Å². The maximum absolute atomic E-state index is 12.4. The molecular formula is C32H30ClN5O8. The first-order valence-electron chi connectivity index (χ1n) is 14.4. The topological polar surface area (TPSA) is 189 Å². The Morgan fingerprint density at radius 3 is 2.57 bits per heavy atom. The van der Waals surface area contributed by atoms with E-state index >= 15 is 0 Å². The highest BCUT2D eigenvalue weighted by Crippen LogP contribution is 2.45. The summed E-state index contributed by atoms with van der Waals surface area (Å²) in [5.74, 6) is -0.739. The summed E-state index contributed by atoms with van der Waals surface area (Å²) in [5.41, 5.74) is -1.25. The van der Waals surface area contributed by atoms with Crippen LogP contribution in [-0.2, 0) is 31.9 Å².